The van der Waals surface area contributed by atoms with Crippen LogP contribution >= 0.6 is 11.6 Å². The van der Waals surface area contributed by atoms with Gasteiger partial charge in [-0.25, -0.2) is 4.39 Å². The van der Waals surface area contributed by atoms with Crippen molar-refractivity contribution in [3.8, 4) is 0 Å². The Kier molecular flexibility index (Phi) is 5.80. The number of hydrogen-bond donors (Lipinski definition) is 1. The van der Waals surface area contributed by atoms with Crippen LogP contribution in [0.3, 0.4) is 0 Å². The van der Waals surface area contributed by atoms with Gasteiger partial charge in [0.05, 0.1) is 10.6 Å². The van der Waals surface area contributed by atoms with E-state index in [2.05, 4.69) is 10.2 Å². The Morgan fingerprint density at radius 2 is 1.95 bits per heavy atom. The molecule has 1 aliphatic rings. The first-order valence-corrected chi connectivity index (χ1v) is 7.50. The maximum atomic E-state index is 12.9. The first kappa shape index (κ1) is 15.3. The van der Waals surface area contributed by atoms with E-state index in [1.165, 1.54) is 37.8 Å². The Morgan fingerprint density at radius 1 is 1.25 bits per heavy atom. The minimum Gasteiger partial charge on any atom is -0.351 e. The maximum Gasteiger partial charge on any atom is 0.252 e. The van der Waals surface area contributed by atoms with Crippen LogP contribution in [0.4, 0.5) is 4.39 Å². The van der Waals surface area contributed by atoms with Gasteiger partial charge in [0.1, 0.15) is 5.82 Å². The van der Waals surface area contributed by atoms with Crippen molar-refractivity contribution < 1.29 is 9.18 Å². The van der Waals surface area contributed by atoms with Crippen LogP contribution in [0.5, 0.6) is 0 Å². The zero-order chi connectivity index (χ0) is 14.4. The molecule has 110 valence electrons. The second kappa shape index (κ2) is 7.60. The summed E-state index contributed by atoms with van der Waals surface area (Å²) >= 11 is 5.86. The van der Waals surface area contributed by atoms with Gasteiger partial charge < -0.3 is 10.2 Å². The molecule has 1 fully saturated rings. The SMILES string of the molecule is O=C(NCCN1CCCCCC1)c1ccc(F)cc1Cl. The van der Waals surface area contributed by atoms with Crippen molar-refractivity contribution in [3.05, 3.63) is 34.6 Å². The Bertz CT molecular complexity index is 459. The van der Waals surface area contributed by atoms with Crippen molar-refractivity contribution in [2.75, 3.05) is 26.2 Å². The fourth-order valence-electron chi connectivity index (χ4n) is 2.46. The summed E-state index contributed by atoms with van der Waals surface area (Å²) in [7, 11) is 0. The van der Waals surface area contributed by atoms with Crippen LogP contribution in [0.15, 0.2) is 18.2 Å². The molecular formula is C15H20ClFN2O. The molecule has 0 unspecified atom stereocenters. The number of amides is 1. The van der Waals surface area contributed by atoms with Gasteiger partial charge in [0.2, 0.25) is 0 Å². The summed E-state index contributed by atoms with van der Waals surface area (Å²) in [6.45, 7) is 3.65. The molecule has 3 nitrogen and oxygen atoms in total. The summed E-state index contributed by atoms with van der Waals surface area (Å²) in [6, 6.07) is 3.82. The van der Waals surface area contributed by atoms with E-state index in [0.717, 1.165) is 25.7 Å². The largest absolute Gasteiger partial charge is 0.351 e. The summed E-state index contributed by atoms with van der Waals surface area (Å²) in [4.78, 5) is 14.3. The van der Waals surface area contributed by atoms with E-state index in [1.807, 2.05) is 0 Å². The van der Waals surface area contributed by atoms with Gasteiger partial charge in [-0.15, -0.1) is 0 Å². The first-order valence-electron chi connectivity index (χ1n) is 7.12. The van der Waals surface area contributed by atoms with E-state index in [9.17, 15) is 9.18 Å². The van der Waals surface area contributed by atoms with Gasteiger partial charge >= 0.3 is 0 Å². The van der Waals surface area contributed by atoms with Gasteiger partial charge in [0, 0.05) is 13.1 Å². The van der Waals surface area contributed by atoms with Gasteiger partial charge in [0.15, 0.2) is 0 Å². The second-order valence-electron chi connectivity index (χ2n) is 5.14. The molecule has 1 N–H and O–H groups in total. The molecule has 5 heteroatoms. The van der Waals surface area contributed by atoms with E-state index >= 15 is 0 Å². The molecule has 1 heterocycles. The van der Waals surface area contributed by atoms with Crippen LogP contribution in [-0.4, -0.2) is 37.0 Å². The van der Waals surface area contributed by atoms with Crippen LogP contribution in [0.25, 0.3) is 0 Å². The van der Waals surface area contributed by atoms with Gasteiger partial charge in [0.25, 0.3) is 5.91 Å². The summed E-state index contributed by atoms with van der Waals surface area (Å²) in [5.41, 5.74) is 0.323. The number of rotatable bonds is 4. The van der Waals surface area contributed by atoms with E-state index in [1.54, 1.807) is 0 Å². The third kappa shape index (κ3) is 4.46. The predicted octanol–water partition coefficient (Wildman–Crippen LogP) is 3.08. The lowest BCUT2D eigenvalue weighted by atomic mass is 10.2. The standard InChI is InChI=1S/C15H20ClFN2O/c16-14-11-12(17)5-6-13(14)15(20)18-7-10-19-8-3-1-2-4-9-19/h5-6,11H,1-4,7-10H2,(H,18,20). The summed E-state index contributed by atoms with van der Waals surface area (Å²) in [6.07, 6.45) is 5.07. The van der Waals surface area contributed by atoms with Crippen molar-refractivity contribution in [1.82, 2.24) is 10.2 Å². The maximum absolute atomic E-state index is 12.9. The second-order valence-corrected chi connectivity index (χ2v) is 5.54. The quantitative estimate of drug-likeness (QED) is 0.926. The van der Waals surface area contributed by atoms with Crippen LogP contribution < -0.4 is 5.32 Å². The Labute approximate surface area is 124 Å². The van der Waals surface area contributed by atoms with Gasteiger partial charge in [-0.05, 0) is 44.1 Å². The molecule has 1 aromatic rings. The minimum atomic E-state index is -0.434. The van der Waals surface area contributed by atoms with Crippen LogP contribution in [0.2, 0.25) is 5.02 Å². The highest BCUT2D eigenvalue weighted by molar-refractivity contribution is 6.33. The lowest BCUT2D eigenvalue weighted by Gasteiger charge is -2.19. The molecule has 0 saturated carbocycles. The summed E-state index contributed by atoms with van der Waals surface area (Å²) in [5, 5.41) is 2.99. The van der Waals surface area contributed by atoms with Crippen molar-refractivity contribution in [2.45, 2.75) is 25.7 Å². The topological polar surface area (TPSA) is 32.3 Å². The summed E-state index contributed by atoms with van der Waals surface area (Å²) < 4.78 is 12.9. The highest BCUT2D eigenvalue weighted by Gasteiger charge is 2.12. The Morgan fingerprint density at radius 3 is 2.60 bits per heavy atom. The Balaban J connectivity index is 1.79. The molecule has 1 amide bonds. The third-order valence-electron chi connectivity index (χ3n) is 3.59. The number of hydrogen-bond acceptors (Lipinski definition) is 2. The Hall–Kier alpha value is -1.13. The number of carbonyl (C=O) groups is 1. The number of carbonyl (C=O) groups excluding carboxylic acids is 1. The van der Waals surface area contributed by atoms with Crippen molar-refractivity contribution in [2.24, 2.45) is 0 Å². The lowest BCUT2D eigenvalue weighted by Crippen LogP contribution is -2.35. The molecular weight excluding hydrogens is 279 g/mol. The monoisotopic (exact) mass is 298 g/mol. The van der Waals surface area contributed by atoms with Crippen molar-refractivity contribution in [1.29, 1.82) is 0 Å². The minimum absolute atomic E-state index is 0.150. The first-order chi connectivity index (χ1) is 9.66. The number of benzene rings is 1. The number of nitrogens with zero attached hydrogens (tertiary/aromatic N) is 1. The highest BCUT2D eigenvalue weighted by Crippen LogP contribution is 2.17. The van der Waals surface area contributed by atoms with Crippen LogP contribution in [0, 0.1) is 5.82 Å². The molecule has 0 atom stereocenters. The molecule has 0 bridgehead atoms. The fraction of sp³-hybridized carbons (Fsp3) is 0.533. The molecule has 0 aliphatic carbocycles. The van der Waals surface area contributed by atoms with Crippen LogP contribution in [-0.2, 0) is 0 Å². The zero-order valence-corrected chi connectivity index (χ0v) is 12.3. The normalized spacial score (nSPS) is 16.7. The molecule has 20 heavy (non-hydrogen) atoms. The van der Waals surface area contributed by atoms with E-state index in [4.69, 9.17) is 11.6 Å². The number of nitrogens with one attached hydrogen (secondary N) is 1. The zero-order valence-electron chi connectivity index (χ0n) is 11.5. The number of likely N-dealkylation sites (tertiary alicyclic amines) is 1. The molecule has 0 radical (unpaired) electrons. The molecule has 1 saturated heterocycles. The lowest BCUT2D eigenvalue weighted by molar-refractivity contribution is 0.0948. The molecule has 0 spiro atoms. The highest BCUT2D eigenvalue weighted by atomic mass is 35.5. The van der Waals surface area contributed by atoms with E-state index in [-0.39, 0.29) is 10.9 Å². The van der Waals surface area contributed by atoms with Crippen molar-refractivity contribution >= 4 is 17.5 Å². The molecule has 1 aliphatic heterocycles. The summed E-state index contributed by atoms with van der Waals surface area (Å²) in [5.74, 6) is -0.680. The van der Waals surface area contributed by atoms with Crippen LogP contribution in [0.1, 0.15) is 36.0 Å². The van der Waals surface area contributed by atoms with Crippen molar-refractivity contribution in [3.63, 3.8) is 0 Å². The number of halogens is 2. The molecule has 0 aromatic heterocycles. The van der Waals surface area contributed by atoms with E-state index < -0.39 is 5.82 Å². The third-order valence-corrected chi connectivity index (χ3v) is 3.90. The predicted molar refractivity (Wildman–Crippen MR) is 78.7 cm³/mol. The van der Waals surface area contributed by atoms with E-state index in [0.29, 0.717) is 12.1 Å². The average molecular weight is 299 g/mol. The van der Waals surface area contributed by atoms with Gasteiger partial charge in [-0.3, -0.25) is 4.79 Å². The van der Waals surface area contributed by atoms with Gasteiger partial charge in [-0.1, -0.05) is 24.4 Å². The van der Waals surface area contributed by atoms with Gasteiger partial charge in [-0.2, -0.15) is 0 Å². The molecule has 1 aromatic carbocycles. The molecule has 2 rings (SSSR count). The fourth-order valence-corrected chi connectivity index (χ4v) is 2.71. The smallest absolute Gasteiger partial charge is 0.252 e. The average Bonchev–Trinajstić information content (AvgIpc) is 2.67.